The van der Waals surface area contributed by atoms with Gasteiger partial charge in [-0.15, -0.1) is 0 Å². The maximum Gasteiger partial charge on any atom is 0.220 e. The van der Waals surface area contributed by atoms with Crippen LogP contribution < -0.4 is 10.6 Å². The first-order valence-corrected chi connectivity index (χ1v) is 7.92. The van der Waals surface area contributed by atoms with E-state index in [1.54, 1.807) is 0 Å². The van der Waals surface area contributed by atoms with E-state index in [0.717, 1.165) is 18.9 Å². The van der Waals surface area contributed by atoms with E-state index < -0.39 is 0 Å². The number of piperidine rings is 1. The van der Waals surface area contributed by atoms with Crippen molar-refractivity contribution in [2.75, 3.05) is 13.1 Å². The topological polar surface area (TPSA) is 58.2 Å². The van der Waals surface area contributed by atoms with Crippen molar-refractivity contribution in [1.29, 1.82) is 0 Å². The highest BCUT2D eigenvalue weighted by atomic mass is 16.2. The summed E-state index contributed by atoms with van der Waals surface area (Å²) in [5.74, 6) is 2.64. The Hall–Kier alpha value is -1.32. The van der Waals surface area contributed by atoms with Crippen molar-refractivity contribution in [1.82, 2.24) is 10.6 Å². The zero-order valence-electron chi connectivity index (χ0n) is 11.9. The first-order valence-electron chi connectivity index (χ1n) is 7.92. The van der Waals surface area contributed by atoms with Gasteiger partial charge in [0, 0.05) is 25.9 Å². The smallest absolute Gasteiger partial charge is 0.220 e. The van der Waals surface area contributed by atoms with Crippen LogP contribution in [0.2, 0.25) is 0 Å². The minimum atomic E-state index is 0.117. The van der Waals surface area contributed by atoms with Crippen molar-refractivity contribution in [2.24, 2.45) is 23.7 Å². The van der Waals surface area contributed by atoms with E-state index in [9.17, 15) is 9.59 Å². The molecule has 0 aromatic rings. The second-order valence-corrected chi connectivity index (χ2v) is 6.60. The van der Waals surface area contributed by atoms with E-state index in [-0.39, 0.29) is 11.8 Å². The van der Waals surface area contributed by atoms with Crippen molar-refractivity contribution in [2.45, 2.75) is 38.5 Å². The Morgan fingerprint density at radius 2 is 2.20 bits per heavy atom. The first-order chi connectivity index (χ1) is 9.70. The van der Waals surface area contributed by atoms with Gasteiger partial charge in [-0.25, -0.2) is 0 Å². The molecular weight excluding hydrogens is 252 g/mol. The molecular formula is C16H24N2O2. The standard InChI is InChI=1S/C16H24N2O2/c19-15-6-3-12(9-17-15)8-16(20)18-10-14-7-11-1-4-13(14)5-2-11/h1,4,11-14H,2-3,5-10H2,(H,17,19)(H,18,20). The molecule has 1 saturated heterocycles. The van der Waals surface area contributed by atoms with Crippen LogP contribution >= 0.6 is 0 Å². The van der Waals surface area contributed by atoms with Crippen molar-refractivity contribution in [3.63, 3.8) is 0 Å². The lowest BCUT2D eigenvalue weighted by molar-refractivity contribution is -0.126. The highest BCUT2D eigenvalue weighted by Gasteiger charge is 2.32. The molecule has 4 rings (SSSR count). The van der Waals surface area contributed by atoms with Gasteiger partial charge in [-0.2, -0.15) is 0 Å². The third-order valence-electron chi connectivity index (χ3n) is 5.12. The summed E-state index contributed by atoms with van der Waals surface area (Å²) >= 11 is 0. The third kappa shape index (κ3) is 3.22. The summed E-state index contributed by atoms with van der Waals surface area (Å²) in [5.41, 5.74) is 0. The summed E-state index contributed by atoms with van der Waals surface area (Å²) in [7, 11) is 0. The minimum absolute atomic E-state index is 0.117. The number of allylic oxidation sites excluding steroid dienone is 2. The molecule has 0 spiro atoms. The molecule has 0 aromatic carbocycles. The number of rotatable bonds is 4. The molecule has 1 saturated carbocycles. The Kier molecular flexibility index (Phi) is 4.08. The van der Waals surface area contributed by atoms with Gasteiger partial charge in [0.1, 0.15) is 0 Å². The SMILES string of the molecule is O=C1CCC(CC(=O)NCC2CC3C=CC2CC3)CN1. The Balaban J connectivity index is 1.39. The van der Waals surface area contributed by atoms with Gasteiger partial charge < -0.3 is 10.6 Å². The summed E-state index contributed by atoms with van der Waals surface area (Å²) in [4.78, 5) is 23.1. The quantitative estimate of drug-likeness (QED) is 0.767. The average Bonchev–Trinajstić information content (AvgIpc) is 2.49. The van der Waals surface area contributed by atoms with Gasteiger partial charge in [0.15, 0.2) is 0 Å². The molecule has 0 radical (unpaired) electrons. The fourth-order valence-corrected chi connectivity index (χ4v) is 3.82. The third-order valence-corrected chi connectivity index (χ3v) is 5.12. The molecule has 4 heteroatoms. The van der Waals surface area contributed by atoms with Gasteiger partial charge in [-0.05, 0) is 49.4 Å². The zero-order valence-corrected chi connectivity index (χ0v) is 11.9. The van der Waals surface area contributed by atoms with E-state index in [2.05, 4.69) is 22.8 Å². The Bertz CT molecular complexity index is 409. The Morgan fingerprint density at radius 1 is 1.30 bits per heavy atom. The van der Waals surface area contributed by atoms with Gasteiger partial charge in [0.05, 0.1) is 0 Å². The number of amides is 2. The summed E-state index contributed by atoms with van der Waals surface area (Å²) in [6.07, 6.45) is 10.5. The molecule has 1 heterocycles. The molecule has 20 heavy (non-hydrogen) atoms. The van der Waals surface area contributed by atoms with Crippen LogP contribution in [0.25, 0.3) is 0 Å². The molecule has 1 aliphatic heterocycles. The highest BCUT2D eigenvalue weighted by molar-refractivity contribution is 5.78. The molecule has 2 N–H and O–H groups in total. The zero-order chi connectivity index (χ0) is 13.9. The lowest BCUT2D eigenvalue weighted by Crippen LogP contribution is -2.40. The predicted octanol–water partition coefficient (Wildman–Crippen LogP) is 1.62. The number of carbonyl (C=O) groups is 2. The number of fused-ring (bicyclic) bond motifs is 2. The first kappa shape index (κ1) is 13.7. The van der Waals surface area contributed by atoms with Crippen LogP contribution in [0.4, 0.5) is 0 Å². The second kappa shape index (κ2) is 5.98. The van der Waals surface area contributed by atoms with Gasteiger partial charge >= 0.3 is 0 Å². The van der Waals surface area contributed by atoms with Crippen LogP contribution in [0.15, 0.2) is 12.2 Å². The Labute approximate surface area is 120 Å². The number of carbonyl (C=O) groups excluding carboxylic acids is 2. The van der Waals surface area contributed by atoms with Crippen molar-refractivity contribution in [3.05, 3.63) is 12.2 Å². The molecule has 4 unspecified atom stereocenters. The van der Waals surface area contributed by atoms with Crippen molar-refractivity contribution in [3.8, 4) is 0 Å². The lowest BCUT2D eigenvalue weighted by Gasteiger charge is -2.38. The molecule has 4 nitrogen and oxygen atoms in total. The molecule has 3 aliphatic carbocycles. The Morgan fingerprint density at radius 3 is 2.80 bits per heavy atom. The fraction of sp³-hybridized carbons (Fsp3) is 0.750. The second-order valence-electron chi connectivity index (χ2n) is 6.60. The van der Waals surface area contributed by atoms with E-state index >= 15 is 0 Å². The average molecular weight is 276 g/mol. The van der Waals surface area contributed by atoms with Crippen LogP contribution in [0.5, 0.6) is 0 Å². The molecule has 2 amide bonds. The normalized spacial score (nSPS) is 35.7. The van der Waals surface area contributed by atoms with E-state index in [1.165, 1.54) is 19.3 Å². The number of hydrogen-bond donors (Lipinski definition) is 2. The van der Waals surface area contributed by atoms with Crippen LogP contribution in [-0.4, -0.2) is 24.9 Å². The molecule has 2 bridgehead atoms. The minimum Gasteiger partial charge on any atom is -0.356 e. The van der Waals surface area contributed by atoms with E-state index in [1.807, 2.05) is 0 Å². The predicted molar refractivity (Wildman–Crippen MR) is 76.8 cm³/mol. The summed E-state index contributed by atoms with van der Waals surface area (Å²) in [5, 5.41) is 5.95. The molecule has 4 atom stereocenters. The van der Waals surface area contributed by atoms with Gasteiger partial charge in [-0.1, -0.05) is 12.2 Å². The monoisotopic (exact) mass is 276 g/mol. The van der Waals surface area contributed by atoms with Crippen molar-refractivity contribution >= 4 is 11.8 Å². The van der Waals surface area contributed by atoms with E-state index in [4.69, 9.17) is 0 Å². The highest BCUT2D eigenvalue weighted by Crippen LogP contribution is 2.39. The summed E-state index contributed by atoms with van der Waals surface area (Å²) in [6, 6.07) is 0. The van der Waals surface area contributed by atoms with Gasteiger partial charge in [0.25, 0.3) is 0 Å². The van der Waals surface area contributed by atoms with Crippen LogP contribution in [0.1, 0.15) is 38.5 Å². The fourth-order valence-electron chi connectivity index (χ4n) is 3.82. The largest absolute Gasteiger partial charge is 0.356 e. The van der Waals surface area contributed by atoms with Gasteiger partial charge in [0.2, 0.25) is 11.8 Å². The maximum atomic E-state index is 12.0. The van der Waals surface area contributed by atoms with Crippen molar-refractivity contribution < 1.29 is 9.59 Å². The molecule has 110 valence electrons. The van der Waals surface area contributed by atoms with Crippen LogP contribution in [0.3, 0.4) is 0 Å². The molecule has 2 fully saturated rings. The summed E-state index contributed by atoms with van der Waals surface area (Å²) < 4.78 is 0. The maximum absolute atomic E-state index is 12.0. The van der Waals surface area contributed by atoms with Crippen LogP contribution in [0, 0.1) is 23.7 Å². The number of hydrogen-bond acceptors (Lipinski definition) is 2. The molecule has 0 aromatic heterocycles. The van der Waals surface area contributed by atoms with Gasteiger partial charge in [-0.3, -0.25) is 9.59 Å². The summed E-state index contributed by atoms with van der Waals surface area (Å²) in [6.45, 7) is 1.48. The lowest BCUT2D eigenvalue weighted by atomic mass is 9.69. The van der Waals surface area contributed by atoms with Crippen LogP contribution in [-0.2, 0) is 9.59 Å². The van der Waals surface area contributed by atoms with E-state index in [0.29, 0.717) is 37.1 Å². The molecule has 4 aliphatic rings. The number of nitrogens with one attached hydrogen (secondary N) is 2.